The molecule has 6 unspecified atom stereocenters. The van der Waals surface area contributed by atoms with E-state index in [1.165, 1.54) is 64.2 Å². The summed E-state index contributed by atoms with van der Waals surface area (Å²) in [6, 6.07) is 0. The van der Waals surface area contributed by atoms with Crippen LogP contribution in [0.2, 0.25) is 0 Å². The van der Waals surface area contributed by atoms with Gasteiger partial charge in [-0.25, -0.2) is 4.57 Å². The van der Waals surface area contributed by atoms with E-state index >= 15 is 0 Å². The van der Waals surface area contributed by atoms with Crippen LogP contribution in [0, 0.1) is 0 Å². The SMILES string of the molecule is CCCCCC/C=C\C/C=C\CCCCCCCCOCC(COP(=O)(O)OC1C(O)C(O)C(O)C(O)C1O)OC(=O)CCCCCCC/C=C\CCCCCC. The fourth-order valence-corrected chi connectivity index (χ4v) is 7.59. The Kier molecular flexibility index (Phi) is 33.2. The van der Waals surface area contributed by atoms with Crippen molar-refractivity contribution in [1.29, 1.82) is 0 Å². The molecule has 1 aliphatic rings. The highest BCUT2D eigenvalue weighted by Crippen LogP contribution is 2.47. The summed E-state index contributed by atoms with van der Waals surface area (Å²) in [5, 5.41) is 50.1. The first-order valence-electron chi connectivity index (χ1n) is 22.3. The number of unbranched alkanes of at least 4 members (excludes halogenated alkanes) is 19. The van der Waals surface area contributed by atoms with Gasteiger partial charge in [0, 0.05) is 13.0 Å². The Morgan fingerprint density at radius 2 is 0.982 bits per heavy atom. The number of hydrogen-bond acceptors (Lipinski definition) is 11. The van der Waals surface area contributed by atoms with Gasteiger partial charge in [-0.2, -0.15) is 0 Å². The van der Waals surface area contributed by atoms with Crippen LogP contribution in [0.1, 0.15) is 174 Å². The zero-order valence-electron chi connectivity index (χ0n) is 35.4. The smallest absolute Gasteiger partial charge is 0.457 e. The van der Waals surface area contributed by atoms with Gasteiger partial charge in [-0.3, -0.25) is 13.8 Å². The van der Waals surface area contributed by atoms with Crippen molar-refractivity contribution in [2.75, 3.05) is 19.8 Å². The first-order chi connectivity index (χ1) is 27.5. The molecule has 1 saturated carbocycles. The summed E-state index contributed by atoms with van der Waals surface area (Å²) in [6.07, 6.45) is 27.8. The zero-order chi connectivity index (χ0) is 42.0. The molecule has 0 aliphatic heterocycles. The molecular weight excluding hydrogens is 751 g/mol. The predicted molar refractivity (Wildman–Crippen MR) is 226 cm³/mol. The third-order valence-corrected chi connectivity index (χ3v) is 11.2. The number of esters is 1. The number of aliphatic hydroxyl groups excluding tert-OH is 5. The van der Waals surface area contributed by atoms with Crippen LogP contribution in [0.15, 0.2) is 36.5 Å². The Hall–Kier alpha value is -1.44. The average Bonchev–Trinajstić information content (AvgIpc) is 3.19. The number of aliphatic hydroxyl groups is 5. The van der Waals surface area contributed by atoms with Gasteiger partial charge in [-0.1, -0.05) is 134 Å². The van der Waals surface area contributed by atoms with Crippen molar-refractivity contribution in [2.24, 2.45) is 0 Å². The van der Waals surface area contributed by atoms with Crippen molar-refractivity contribution in [3.8, 4) is 0 Å². The van der Waals surface area contributed by atoms with Crippen LogP contribution < -0.4 is 0 Å². The normalized spacial score (nSPS) is 23.2. The van der Waals surface area contributed by atoms with Crippen LogP contribution >= 0.6 is 7.82 Å². The molecule has 13 heteroatoms. The van der Waals surface area contributed by atoms with E-state index in [0.29, 0.717) is 13.0 Å². The fourth-order valence-electron chi connectivity index (χ4n) is 6.61. The summed E-state index contributed by atoms with van der Waals surface area (Å²) in [5.74, 6) is -0.491. The number of rotatable bonds is 37. The minimum Gasteiger partial charge on any atom is -0.457 e. The second kappa shape index (κ2) is 35.3. The maximum absolute atomic E-state index is 12.8. The fraction of sp³-hybridized carbons (Fsp3) is 0.841. The second-order valence-electron chi connectivity index (χ2n) is 15.5. The zero-order valence-corrected chi connectivity index (χ0v) is 36.3. The van der Waals surface area contributed by atoms with Gasteiger partial charge in [-0.05, 0) is 70.6 Å². The standard InChI is InChI=1S/C44H81O12P/c1-3-5-7-9-11-13-15-17-18-19-20-22-24-26-28-30-32-34-53-35-37(36-54-57(51,52)56-44-42(49)40(47)39(46)41(48)43(44)50)55-38(45)33-31-29-27-25-23-21-16-14-12-10-8-6-4-2/h13-16,18-19,37,39-44,46-50H,3-12,17,20-36H2,1-2H3,(H,51,52)/b15-13-,16-14-,19-18-. The molecule has 0 aromatic heterocycles. The molecule has 12 nitrogen and oxygen atoms in total. The van der Waals surface area contributed by atoms with Crippen molar-refractivity contribution < 1.29 is 58.3 Å². The number of hydrogen-bond donors (Lipinski definition) is 6. The maximum atomic E-state index is 12.8. The molecule has 1 fully saturated rings. The summed E-state index contributed by atoms with van der Waals surface area (Å²) < 4.78 is 34.1. The highest BCUT2D eigenvalue weighted by molar-refractivity contribution is 7.47. The minimum absolute atomic E-state index is 0.0868. The van der Waals surface area contributed by atoms with Crippen LogP contribution in [0.5, 0.6) is 0 Å². The van der Waals surface area contributed by atoms with Gasteiger partial charge >= 0.3 is 13.8 Å². The average molecular weight is 833 g/mol. The number of phosphoric ester groups is 1. The summed E-state index contributed by atoms with van der Waals surface area (Å²) in [6.45, 7) is 4.18. The van der Waals surface area contributed by atoms with Gasteiger partial charge in [0.2, 0.25) is 0 Å². The van der Waals surface area contributed by atoms with Crippen molar-refractivity contribution in [1.82, 2.24) is 0 Å². The summed E-state index contributed by atoms with van der Waals surface area (Å²) in [5.41, 5.74) is 0. The van der Waals surface area contributed by atoms with Crippen molar-refractivity contribution in [3.05, 3.63) is 36.5 Å². The van der Waals surface area contributed by atoms with E-state index in [-0.39, 0.29) is 13.0 Å². The third kappa shape index (κ3) is 27.9. The summed E-state index contributed by atoms with van der Waals surface area (Å²) in [7, 11) is -5.02. The van der Waals surface area contributed by atoms with E-state index in [0.717, 1.165) is 83.5 Å². The predicted octanol–water partition coefficient (Wildman–Crippen LogP) is 8.70. The number of phosphoric acid groups is 1. The van der Waals surface area contributed by atoms with Crippen LogP contribution in [0.25, 0.3) is 0 Å². The van der Waals surface area contributed by atoms with E-state index in [1.807, 2.05) is 0 Å². The highest BCUT2D eigenvalue weighted by atomic mass is 31.2. The molecule has 0 radical (unpaired) electrons. The van der Waals surface area contributed by atoms with Crippen molar-refractivity contribution >= 4 is 13.8 Å². The lowest BCUT2D eigenvalue weighted by atomic mass is 9.85. The molecule has 6 N–H and O–H groups in total. The molecule has 1 aliphatic carbocycles. The molecule has 0 heterocycles. The number of carbonyl (C=O) groups excluding carboxylic acids is 1. The molecule has 1 rings (SSSR count). The van der Waals surface area contributed by atoms with Crippen molar-refractivity contribution in [3.63, 3.8) is 0 Å². The lowest BCUT2D eigenvalue weighted by Gasteiger charge is -2.41. The van der Waals surface area contributed by atoms with Crippen LogP contribution in [-0.4, -0.2) is 98.9 Å². The Labute approximate surface area is 344 Å². The van der Waals surface area contributed by atoms with E-state index in [4.69, 9.17) is 18.5 Å². The van der Waals surface area contributed by atoms with E-state index in [1.54, 1.807) is 0 Å². The highest BCUT2D eigenvalue weighted by Gasteiger charge is 2.51. The Bertz CT molecular complexity index is 1090. The van der Waals surface area contributed by atoms with E-state index in [2.05, 4.69) is 50.3 Å². The Morgan fingerprint density at radius 1 is 0.561 bits per heavy atom. The monoisotopic (exact) mass is 833 g/mol. The molecule has 57 heavy (non-hydrogen) atoms. The maximum Gasteiger partial charge on any atom is 0.472 e. The largest absolute Gasteiger partial charge is 0.472 e. The summed E-state index contributed by atoms with van der Waals surface area (Å²) >= 11 is 0. The quantitative estimate of drug-likeness (QED) is 0.0151. The minimum atomic E-state index is -5.02. The molecule has 334 valence electrons. The third-order valence-electron chi connectivity index (χ3n) is 10.2. The van der Waals surface area contributed by atoms with E-state index < -0.39 is 63.1 Å². The number of carbonyl (C=O) groups is 1. The molecule has 0 saturated heterocycles. The van der Waals surface area contributed by atoms with Gasteiger partial charge < -0.3 is 39.9 Å². The molecule has 0 amide bonds. The number of allylic oxidation sites excluding steroid dienone is 6. The van der Waals surface area contributed by atoms with Crippen molar-refractivity contribution in [2.45, 2.75) is 217 Å². The van der Waals surface area contributed by atoms with Gasteiger partial charge in [0.25, 0.3) is 0 Å². The van der Waals surface area contributed by atoms with Gasteiger partial charge in [-0.15, -0.1) is 0 Å². The molecule has 6 atom stereocenters. The van der Waals surface area contributed by atoms with Gasteiger partial charge in [0.05, 0.1) is 13.2 Å². The topological polar surface area (TPSA) is 192 Å². The Balaban J connectivity index is 2.42. The molecular formula is C44H81O12P. The molecule has 0 aromatic rings. The van der Waals surface area contributed by atoms with Gasteiger partial charge in [0.15, 0.2) is 0 Å². The van der Waals surface area contributed by atoms with E-state index in [9.17, 15) is 39.8 Å². The second-order valence-corrected chi connectivity index (χ2v) is 16.9. The summed E-state index contributed by atoms with van der Waals surface area (Å²) in [4.78, 5) is 23.1. The molecule has 0 aromatic carbocycles. The van der Waals surface area contributed by atoms with Gasteiger partial charge in [0.1, 0.15) is 42.7 Å². The van der Waals surface area contributed by atoms with Crippen LogP contribution in [-0.2, 0) is 27.9 Å². The lowest BCUT2D eigenvalue weighted by Crippen LogP contribution is -2.64. The molecule has 0 spiro atoms. The van der Waals surface area contributed by atoms with Crippen LogP contribution in [0.3, 0.4) is 0 Å². The lowest BCUT2D eigenvalue weighted by molar-refractivity contribution is -0.220. The Morgan fingerprint density at radius 3 is 1.49 bits per heavy atom. The first kappa shape index (κ1) is 53.6. The first-order valence-corrected chi connectivity index (χ1v) is 23.8. The number of ether oxygens (including phenoxy) is 2. The molecule has 0 bridgehead atoms. The van der Waals surface area contributed by atoms with Crippen LogP contribution in [0.4, 0.5) is 0 Å².